The van der Waals surface area contributed by atoms with E-state index in [0.717, 1.165) is 17.5 Å². The second kappa shape index (κ2) is 4.51. The van der Waals surface area contributed by atoms with Crippen LogP contribution in [0.4, 0.5) is 0 Å². The van der Waals surface area contributed by atoms with Gasteiger partial charge in [-0.15, -0.1) is 0 Å². The van der Waals surface area contributed by atoms with E-state index in [1.807, 2.05) is 12.3 Å². The number of aromatic nitrogens is 1. The van der Waals surface area contributed by atoms with Crippen molar-refractivity contribution in [2.75, 3.05) is 0 Å². The largest absolute Gasteiger partial charge is 0.360 e. The van der Waals surface area contributed by atoms with Gasteiger partial charge in [0.25, 0.3) is 0 Å². The van der Waals surface area contributed by atoms with Crippen LogP contribution in [-0.4, -0.2) is 4.98 Å². The molecule has 0 atom stereocenters. The molecule has 0 radical (unpaired) electrons. The quantitative estimate of drug-likeness (QED) is 0.647. The van der Waals surface area contributed by atoms with Gasteiger partial charge in [0.2, 0.25) is 0 Å². The molecule has 1 heterocycles. The molecule has 1 heteroatoms. The normalized spacial score (nSPS) is 15.2. The molecule has 0 spiro atoms. The topological polar surface area (TPSA) is 15.8 Å². The second-order valence-corrected chi connectivity index (χ2v) is 4.47. The van der Waals surface area contributed by atoms with Crippen LogP contribution in [0.2, 0.25) is 0 Å². The van der Waals surface area contributed by atoms with Crippen LogP contribution in [0.25, 0.3) is 10.9 Å². The lowest BCUT2D eigenvalue weighted by molar-refractivity contribution is 0.715. The number of benzene rings is 1. The Morgan fingerprint density at radius 3 is 2.88 bits per heavy atom. The summed E-state index contributed by atoms with van der Waals surface area (Å²) in [6.45, 7) is 0. The number of allylic oxidation sites excluding steroid dienone is 2. The van der Waals surface area contributed by atoms with E-state index in [4.69, 9.17) is 0 Å². The maximum atomic E-state index is 3.31. The summed E-state index contributed by atoms with van der Waals surface area (Å²) < 4.78 is 0. The molecular weight excluding hydrogens is 206 g/mol. The van der Waals surface area contributed by atoms with Crippen LogP contribution in [0.15, 0.2) is 42.1 Å². The molecule has 1 aromatic carbocycles. The lowest BCUT2D eigenvalue weighted by Crippen LogP contribution is -1.88. The zero-order chi connectivity index (χ0) is 11.5. The molecule has 0 saturated carbocycles. The minimum absolute atomic E-state index is 1.10. The first-order chi connectivity index (χ1) is 8.43. The van der Waals surface area contributed by atoms with Crippen molar-refractivity contribution in [1.82, 2.24) is 4.98 Å². The van der Waals surface area contributed by atoms with Gasteiger partial charge in [-0.1, -0.05) is 36.1 Å². The molecule has 1 aromatic heterocycles. The summed E-state index contributed by atoms with van der Waals surface area (Å²) in [7, 11) is 0. The van der Waals surface area contributed by atoms with Crippen LogP contribution in [0.1, 0.15) is 31.2 Å². The number of hydrogen-bond acceptors (Lipinski definition) is 0. The average Bonchev–Trinajstić information content (AvgIpc) is 2.81. The van der Waals surface area contributed by atoms with Gasteiger partial charge < -0.3 is 4.98 Å². The lowest BCUT2D eigenvalue weighted by Gasteiger charge is -2.05. The van der Waals surface area contributed by atoms with Crippen molar-refractivity contribution in [2.24, 2.45) is 0 Å². The Hall–Kier alpha value is -1.94. The first-order valence-corrected chi connectivity index (χ1v) is 6.21. The molecule has 0 unspecified atom stereocenters. The predicted octanol–water partition coefficient (Wildman–Crippen LogP) is 4.02. The lowest BCUT2D eigenvalue weighted by atomic mass is 10.00. The maximum Gasteiger partial charge on any atom is 0.0502 e. The number of H-pyrrole nitrogens is 1. The smallest absolute Gasteiger partial charge is 0.0502 e. The Bertz CT molecular complexity index is 620. The molecule has 1 N–H and O–H groups in total. The van der Waals surface area contributed by atoms with E-state index in [-0.39, 0.29) is 0 Å². The van der Waals surface area contributed by atoms with Crippen LogP contribution in [-0.2, 0) is 0 Å². The van der Waals surface area contributed by atoms with Gasteiger partial charge in [0.1, 0.15) is 0 Å². The van der Waals surface area contributed by atoms with E-state index >= 15 is 0 Å². The summed E-state index contributed by atoms with van der Waals surface area (Å²) in [6, 6.07) is 8.30. The predicted molar refractivity (Wildman–Crippen MR) is 71.7 cm³/mol. The Morgan fingerprint density at radius 1 is 1.06 bits per heavy atom. The van der Waals surface area contributed by atoms with Crippen molar-refractivity contribution >= 4 is 10.9 Å². The Labute approximate surface area is 102 Å². The molecule has 0 amide bonds. The molecule has 84 valence electrons. The molecule has 0 saturated heterocycles. The fraction of sp³-hybridized carbons (Fsp3) is 0.250. The van der Waals surface area contributed by atoms with Gasteiger partial charge in [-0.05, 0) is 37.3 Å². The SMILES string of the molecule is C(#Cc1c[nH]c2ccccc12)C1=CCCCC1. The van der Waals surface area contributed by atoms with Crippen LogP contribution >= 0.6 is 0 Å². The van der Waals surface area contributed by atoms with E-state index < -0.39 is 0 Å². The highest BCUT2D eigenvalue weighted by Crippen LogP contribution is 2.18. The van der Waals surface area contributed by atoms with E-state index in [1.165, 1.54) is 30.2 Å². The average molecular weight is 221 g/mol. The van der Waals surface area contributed by atoms with Crippen molar-refractivity contribution in [1.29, 1.82) is 0 Å². The van der Waals surface area contributed by atoms with Crippen molar-refractivity contribution in [3.05, 3.63) is 47.7 Å². The zero-order valence-electron chi connectivity index (χ0n) is 9.79. The number of rotatable bonds is 0. The number of hydrogen-bond donors (Lipinski definition) is 1. The molecule has 2 aromatic rings. The maximum absolute atomic E-state index is 3.31. The van der Waals surface area contributed by atoms with Gasteiger partial charge in [0.15, 0.2) is 0 Å². The van der Waals surface area contributed by atoms with Gasteiger partial charge in [0, 0.05) is 17.1 Å². The van der Waals surface area contributed by atoms with E-state index in [2.05, 4.69) is 41.1 Å². The highest BCUT2D eigenvalue weighted by Gasteiger charge is 2.01. The standard InChI is InChI=1S/C16H15N/c1-2-6-13(7-3-1)10-11-14-12-17-16-9-5-4-8-15(14)16/h4-6,8-9,12,17H,1-3,7H2. The molecule has 17 heavy (non-hydrogen) atoms. The monoisotopic (exact) mass is 221 g/mol. The zero-order valence-corrected chi connectivity index (χ0v) is 9.79. The molecule has 1 nitrogen and oxygen atoms in total. The van der Waals surface area contributed by atoms with Crippen molar-refractivity contribution in [3.63, 3.8) is 0 Å². The molecule has 0 fully saturated rings. The minimum atomic E-state index is 1.10. The first kappa shape index (κ1) is 10.2. The Kier molecular flexibility index (Phi) is 2.71. The molecule has 0 bridgehead atoms. The van der Waals surface area contributed by atoms with Crippen LogP contribution in [0.3, 0.4) is 0 Å². The summed E-state index contributed by atoms with van der Waals surface area (Å²) in [5, 5.41) is 1.22. The minimum Gasteiger partial charge on any atom is -0.360 e. The Balaban J connectivity index is 1.95. The fourth-order valence-electron chi connectivity index (χ4n) is 2.27. The van der Waals surface area contributed by atoms with Crippen molar-refractivity contribution in [3.8, 4) is 11.8 Å². The third-order valence-electron chi connectivity index (χ3n) is 3.24. The van der Waals surface area contributed by atoms with Crippen LogP contribution in [0.5, 0.6) is 0 Å². The Morgan fingerprint density at radius 2 is 2.00 bits per heavy atom. The van der Waals surface area contributed by atoms with Gasteiger partial charge >= 0.3 is 0 Å². The van der Waals surface area contributed by atoms with E-state index in [9.17, 15) is 0 Å². The summed E-state index contributed by atoms with van der Waals surface area (Å²) >= 11 is 0. The molecule has 1 aliphatic carbocycles. The van der Waals surface area contributed by atoms with Gasteiger partial charge in [-0.2, -0.15) is 0 Å². The third-order valence-corrected chi connectivity index (χ3v) is 3.24. The summed E-state index contributed by atoms with van der Waals surface area (Å²) in [5.41, 5.74) is 3.57. The van der Waals surface area contributed by atoms with Crippen LogP contribution < -0.4 is 0 Å². The van der Waals surface area contributed by atoms with Crippen LogP contribution in [0, 0.1) is 11.8 Å². The summed E-state index contributed by atoms with van der Waals surface area (Å²) in [4.78, 5) is 3.25. The van der Waals surface area contributed by atoms with Gasteiger partial charge in [-0.25, -0.2) is 0 Å². The van der Waals surface area contributed by atoms with E-state index in [1.54, 1.807) is 0 Å². The van der Waals surface area contributed by atoms with Gasteiger partial charge in [-0.3, -0.25) is 0 Å². The molecule has 3 rings (SSSR count). The third kappa shape index (κ3) is 2.12. The fourth-order valence-corrected chi connectivity index (χ4v) is 2.27. The van der Waals surface area contributed by atoms with Gasteiger partial charge in [0.05, 0.1) is 5.56 Å². The number of para-hydroxylation sites is 1. The second-order valence-electron chi connectivity index (χ2n) is 4.47. The number of nitrogens with one attached hydrogen (secondary N) is 1. The molecular formula is C16H15N. The highest BCUT2D eigenvalue weighted by atomic mass is 14.7. The number of fused-ring (bicyclic) bond motifs is 1. The summed E-state index contributed by atoms with van der Waals surface area (Å²) in [6.07, 6.45) is 9.23. The molecule has 0 aliphatic heterocycles. The number of aromatic amines is 1. The highest BCUT2D eigenvalue weighted by molar-refractivity contribution is 5.86. The molecule has 1 aliphatic rings. The van der Waals surface area contributed by atoms with Crippen molar-refractivity contribution < 1.29 is 0 Å². The van der Waals surface area contributed by atoms with E-state index in [0.29, 0.717) is 0 Å². The first-order valence-electron chi connectivity index (χ1n) is 6.21. The van der Waals surface area contributed by atoms with Crippen molar-refractivity contribution in [2.45, 2.75) is 25.7 Å². The summed E-state index contributed by atoms with van der Waals surface area (Å²) in [5.74, 6) is 6.60.